The third-order valence-electron chi connectivity index (χ3n) is 4.17. The third kappa shape index (κ3) is 2.69. The Hall–Kier alpha value is -2.14. The van der Waals surface area contributed by atoms with Crippen molar-refractivity contribution in [2.24, 2.45) is 0 Å². The van der Waals surface area contributed by atoms with Crippen LogP contribution in [0.3, 0.4) is 0 Å². The molecule has 1 aromatic heterocycles. The highest BCUT2D eigenvalue weighted by atomic mass is 16.4. The maximum absolute atomic E-state index is 11.7. The summed E-state index contributed by atoms with van der Waals surface area (Å²) in [5.74, 6) is 0.184. The van der Waals surface area contributed by atoms with E-state index < -0.39 is 12.0 Å². The summed E-state index contributed by atoms with van der Waals surface area (Å²) in [5.41, 5.74) is 2.08. The molecule has 1 aliphatic heterocycles. The highest BCUT2D eigenvalue weighted by molar-refractivity contribution is 5.76. The minimum absolute atomic E-state index is 0.543. The number of hydrogen-bond acceptors (Lipinski definition) is 3. The topological polar surface area (TPSA) is 58.4 Å². The van der Waals surface area contributed by atoms with E-state index in [1.807, 2.05) is 42.3 Å². The number of benzene rings is 1. The van der Waals surface area contributed by atoms with E-state index in [0.717, 1.165) is 36.5 Å². The van der Waals surface area contributed by atoms with Crippen LogP contribution in [-0.2, 0) is 17.8 Å². The fraction of sp³-hybridized carbons (Fsp3) is 0.375. The Bertz CT molecular complexity index is 650. The molecule has 0 saturated carbocycles. The first-order chi connectivity index (χ1) is 10.2. The molecule has 110 valence electrons. The first-order valence-corrected chi connectivity index (χ1v) is 7.19. The van der Waals surface area contributed by atoms with Crippen molar-refractivity contribution in [3.63, 3.8) is 0 Å². The number of aromatic nitrogens is 2. The molecule has 0 saturated heterocycles. The van der Waals surface area contributed by atoms with Crippen molar-refractivity contribution in [3.8, 4) is 0 Å². The lowest BCUT2D eigenvalue weighted by molar-refractivity contribution is -0.144. The number of aryl methyl sites for hydroxylation is 1. The lowest BCUT2D eigenvalue weighted by Crippen LogP contribution is -2.41. The van der Waals surface area contributed by atoms with Gasteiger partial charge in [0.25, 0.3) is 0 Å². The summed E-state index contributed by atoms with van der Waals surface area (Å²) in [4.78, 5) is 17.9. The van der Waals surface area contributed by atoms with Gasteiger partial charge >= 0.3 is 5.97 Å². The largest absolute Gasteiger partial charge is 0.480 e. The van der Waals surface area contributed by atoms with Crippen LogP contribution < -0.4 is 0 Å². The van der Waals surface area contributed by atoms with Crippen LogP contribution in [0.25, 0.3) is 0 Å². The molecule has 5 nitrogen and oxygen atoms in total. The van der Waals surface area contributed by atoms with Gasteiger partial charge in [-0.2, -0.15) is 0 Å². The zero-order chi connectivity index (χ0) is 14.8. The zero-order valence-corrected chi connectivity index (χ0v) is 12.1. The maximum atomic E-state index is 11.7. The number of hydrogen-bond donors (Lipinski definition) is 1. The molecule has 1 aliphatic rings. The number of fused-ring (bicyclic) bond motifs is 1. The van der Waals surface area contributed by atoms with Crippen LogP contribution in [-0.4, -0.2) is 38.6 Å². The average Bonchev–Trinajstić information content (AvgIpc) is 2.89. The summed E-state index contributed by atoms with van der Waals surface area (Å²) in [7, 11) is 0. The number of carbonyl (C=O) groups is 1. The van der Waals surface area contributed by atoms with Gasteiger partial charge in [0.1, 0.15) is 11.9 Å². The predicted molar refractivity (Wildman–Crippen MR) is 79.1 cm³/mol. The van der Waals surface area contributed by atoms with Gasteiger partial charge in [0.2, 0.25) is 0 Å². The Morgan fingerprint density at radius 3 is 2.90 bits per heavy atom. The number of imidazole rings is 1. The second kappa shape index (κ2) is 5.69. The van der Waals surface area contributed by atoms with Crippen molar-refractivity contribution >= 4 is 5.97 Å². The van der Waals surface area contributed by atoms with E-state index in [4.69, 9.17) is 0 Å². The quantitative estimate of drug-likeness (QED) is 0.932. The van der Waals surface area contributed by atoms with Crippen molar-refractivity contribution < 1.29 is 9.90 Å². The van der Waals surface area contributed by atoms with Crippen molar-refractivity contribution in [1.29, 1.82) is 0 Å². The van der Waals surface area contributed by atoms with Crippen LogP contribution in [0.1, 0.15) is 23.0 Å². The Morgan fingerprint density at radius 2 is 2.19 bits per heavy atom. The molecule has 1 atom stereocenters. The molecule has 0 spiro atoms. The summed E-state index contributed by atoms with van der Waals surface area (Å²) < 4.78 is 2.05. The van der Waals surface area contributed by atoms with E-state index in [1.54, 1.807) is 6.20 Å². The predicted octanol–water partition coefficient (Wildman–Crippen LogP) is 1.88. The Labute approximate surface area is 123 Å². The molecule has 0 amide bonds. The molecule has 5 heteroatoms. The van der Waals surface area contributed by atoms with E-state index >= 15 is 0 Å². The molecule has 3 rings (SSSR count). The Balaban J connectivity index is 1.79. The van der Waals surface area contributed by atoms with Crippen molar-refractivity contribution in [1.82, 2.24) is 14.5 Å². The lowest BCUT2D eigenvalue weighted by atomic mass is 9.92. The molecule has 2 heterocycles. The first-order valence-electron chi connectivity index (χ1n) is 7.19. The van der Waals surface area contributed by atoms with Gasteiger partial charge in [0.05, 0.1) is 0 Å². The van der Waals surface area contributed by atoms with Gasteiger partial charge in [-0.15, -0.1) is 0 Å². The molecule has 21 heavy (non-hydrogen) atoms. The third-order valence-corrected chi connectivity index (χ3v) is 4.17. The second-order valence-corrected chi connectivity index (χ2v) is 5.39. The highest BCUT2D eigenvalue weighted by Gasteiger charge is 2.32. The van der Waals surface area contributed by atoms with E-state index in [1.165, 1.54) is 0 Å². The molecule has 1 N–H and O–H groups in total. The fourth-order valence-corrected chi connectivity index (χ4v) is 3.02. The van der Waals surface area contributed by atoms with E-state index in [2.05, 4.69) is 9.55 Å². The molecule has 0 radical (unpaired) electrons. The maximum Gasteiger partial charge on any atom is 0.325 e. The van der Waals surface area contributed by atoms with E-state index in [0.29, 0.717) is 6.54 Å². The Kier molecular flexibility index (Phi) is 3.75. The summed E-state index contributed by atoms with van der Waals surface area (Å²) in [5, 5.41) is 9.61. The van der Waals surface area contributed by atoms with Crippen molar-refractivity contribution in [2.45, 2.75) is 25.9 Å². The molecular weight excluding hydrogens is 266 g/mol. The van der Waals surface area contributed by atoms with Crippen LogP contribution in [0.15, 0.2) is 36.7 Å². The van der Waals surface area contributed by atoms with Crippen LogP contribution in [0.2, 0.25) is 0 Å². The van der Waals surface area contributed by atoms with Gasteiger partial charge in [-0.1, -0.05) is 24.3 Å². The summed E-state index contributed by atoms with van der Waals surface area (Å²) in [6.45, 7) is 4.21. The van der Waals surface area contributed by atoms with E-state index in [9.17, 15) is 9.90 Å². The standard InChI is InChI=1S/C16H19N3O2/c1-12-17-7-9-18(12)10-11-19-8-6-13-4-2-3-5-14(13)15(19)16(20)21/h2-5,7,9,15H,6,8,10-11H2,1H3,(H,20,21). The van der Waals surface area contributed by atoms with E-state index in [-0.39, 0.29) is 0 Å². The van der Waals surface area contributed by atoms with Gasteiger partial charge in [-0.05, 0) is 24.5 Å². The number of carboxylic acids is 1. The van der Waals surface area contributed by atoms with Crippen LogP contribution in [0, 0.1) is 6.92 Å². The summed E-state index contributed by atoms with van der Waals surface area (Å²) in [6, 6.07) is 7.31. The van der Waals surface area contributed by atoms with Gasteiger partial charge < -0.3 is 9.67 Å². The average molecular weight is 285 g/mol. The minimum atomic E-state index is -0.774. The molecular formula is C16H19N3O2. The minimum Gasteiger partial charge on any atom is -0.480 e. The van der Waals surface area contributed by atoms with Crippen LogP contribution in [0.4, 0.5) is 0 Å². The summed E-state index contributed by atoms with van der Waals surface area (Å²) >= 11 is 0. The second-order valence-electron chi connectivity index (χ2n) is 5.39. The van der Waals surface area contributed by atoms with Crippen molar-refractivity contribution in [3.05, 3.63) is 53.6 Å². The zero-order valence-electron chi connectivity index (χ0n) is 12.1. The fourth-order valence-electron chi connectivity index (χ4n) is 3.02. The number of nitrogens with zero attached hydrogens (tertiary/aromatic N) is 3. The first kappa shape index (κ1) is 13.8. The number of rotatable bonds is 4. The smallest absolute Gasteiger partial charge is 0.325 e. The SMILES string of the molecule is Cc1nccn1CCN1CCc2ccccc2C1C(=O)O. The molecule has 0 fully saturated rings. The number of aliphatic carboxylic acids is 1. The van der Waals surface area contributed by atoms with Gasteiger partial charge in [-0.25, -0.2) is 4.98 Å². The highest BCUT2D eigenvalue weighted by Crippen LogP contribution is 2.29. The lowest BCUT2D eigenvalue weighted by Gasteiger charge is -2.34. The van der Waals surface area contributed by atoms with Gasteiger partial charge in [-0.3, -0.25) is 9.69 Å². The van der Waals surface area contributed by atoms with Crippen LogP contribution in [0.5, 0.6) is 0 Å². The van der Waals surface area contributed by atoms with Gasteiger partial charge in [0.15, 0.2) is 0 Å². The molecule has 0 bridgehead atoms. The normalized spacial score (nSPS) is 18.4. The number of carboxylic acid groups (broad SMARTS) is 1. The molecule has 1 unspecified atom stereocenters. The molecule has 1 aromatic carbocycles. The molecule has 2 aromatic rings. The van der Waals surface area contributed by atoms with Crippen molar-refractivity contribution in [2.75, 3.05) is 13.1 Å². The monoisotopic (exact) mass is 285 g/mol. The Morgan fingerprint density at radius 1 is 1.38 bits per heavy atom. The van der Waals surface area contributed by atoms with Gasteiger partial charge in [0, 0.05) is 32.0 Å². The summed E-state index contributed by atoms with van der Waals surface area (Å²) in [6.07, 6.45) is 4.61. The molecule has 0 aliphatic carbocycles. The van der Waals surface area contributed by atoms with Crippen LogP contribution >= 0.6 is 0 Å².